The minimum absolute atomic E-state index is 0.147. The molecular weight excluding hydrogens is 392 g/mol. The van der Waals surface area contributed by atoms with Crippen LogP contribution in [0.3, 0.4) is 0 Å². The van der Waals surface area contributed by atoms with Crippen molar-refractivity contribution in [2.45, 2.75) is 6.04 Å². The summed E-state index contributed by atoms with van der Waals surface area (Å²) in [5.74, 6) is 1.55. The number of hydrogen-bond acceptors (Lipinski definition) is 3. The SMILES string of the molecule is C[NH+]1CC[NH+]([C@H](CNC(=O)Nc2ccc(Cl)cc2)c2ccc3c(c2)OCO3)CC1. The van der Waals surface area contributed by atoms with Crippen molar-refractivity contribution in [1.82, 2.24) is 5.32 Å². The van der Waals surface area contributed by atoms with Crippen molar-refractivity contribution in [3.63, 3.8) is 0 Å². The fourth-order valence-electron chi connectivity index (χ4n) is 3.88. The molecule has 4 N–H and O–H groups in total. The fraction of sp³-hybridized carbons (Fsp3) is 0.381. The Morgan fingerprint density at radius 2 is 1.79 bits per heavy atom. The first kappa shape index (κ1) is 19.8. The third kappa shape index (κ3) is 4.93. The van der Waals surface area contributed by atoms with E-state index in [1.807, 2.05) is 12.1 Å². The summed E-state index contributed by atoms with van der Waals surface area (Å²) in [5, 5.41) is 6.54. The summed E-state index contributed by atoms with van der Waals surface area (Å²) in [4.78, 5) is 15.5. The van der Waals surface area contributed by atoms with Crippen LogP contribution in [0.25, 0.3) is 0 Å². The van der Waals surface area contributed by atoms with Gasteiger partial charge in [-0.1, -0.05) is 11.6 Å². The Hall–Kier alpha value is -2.48. The van der Waals surface area contributed by atoms with Gasteiger partial charge in [-0.2, -0.15) is 0 Å². The van der Waals surface area contributed by atoms with Crippen LogP contribution in [-0.4, -0.2) is 52.6 Å². The molecule has 0 aromatic heterocycles. The van der Waals surface area contributed by atoms with Crippen molar-refractivity contribution < 1.29 is 24.1 Å². The first-order valence-corrected chi connectivity index (χ1v) is 10.3. The second kappa shape index (κ2) is 8.90. The number of hydrogen-bond donors (Lipinski definition) is 4. The van der Waals surface area contributed by atoms with Gasteiger partial charge in [0.1, 0.15) is 32.2 Å². The van der Waals surface area contributed by atoms with Crippen LogP contribution in [0.2, 0.25) is 5.02 Å². The monoisotopic (exact) mass is 418 g/mol. The lowest BCUT2D eigenvalue weighted by molar-refractivity contribution is -1.02. The van der Waals surface area contributed by atoms with Crippen LogP contribution >= 0.6 is 11.6 Å². The first-order chi connectivity index (χ1) is 14.1. The predicted molar refractivity (Wildman–Crippen MR) is 111 cm³/mol. The van der Waals surface area contributed by atoms with Gasteiger partial charge < -0.3 is 29.9 Å². The molecule has 0 spiro atoms. The molecule has 154 valence electrons. The summed E-state index contributed by atoms with van der Waals surface area (Å²) < 4.78 is 11.0. The molecule has 2 aliphatic heterocycles. The number of likely N-dealkylation sites (N-methyl/N-ethyl adjacent to an activating group) is 1. The molecule has 29 heavy (non-hydrogen) atoms. The van der Waals surface area contributed by atoms with E-state index in [0.717, 1.165) is 43.2 Å². The molecule has 0 saturated carbocycles. The maximum absolute atomic E-state index is 12.4. The van der Waals surface area contributed by atoms with Gasteiger partial charge in [0.05, 0.1) is 13.6 Å². The van der Waals surface area contributed by atoms with Gasteiger partial charge in [-0.05, 0) is 42.5 Å². The number of nitrogens with one attached hydrogen (secondary N) is 4. The zero-order valence-electron chi connectivity index (χ0n) is 16.5. The van der Waals surface area contributed by atoms with Gasteiger partial charge in [-0.3, -0.25) is 0 Å². The Kier molecular flexibility index (Phi) is 6.08. The minimum atomic E-state index is -0.225. The summed E-state index contributed by atoms with van der Waals surface area (Å²) >= 11 is 5.90. The minimum Gasteiger partial charge on any atom is -0.454 e. The highest BCUT2D eigenvalue weighted by atomic mass is 35.5. The topological polar surface area (TPSA) is 68.5 Å². The number of urea groups is 1. The van der Waals surface area contributed by atoms with E-state index in [1.165, 1.54) is 4.90 Å². The number of carbonyl (C=O) groups is 1. The second-order valence-electron chi connectivity index (χ2n) is 7.62. The number of anilines is 1. The second-order valence-corrected chi connectivity index (χ2v) is 8.06. The van der Waals surface area contributed by atoms with Gasteiger partial charge in [-0.15, -0.1) is 0 Å². The van der Waals surface area contributed by atoms with Crippen molar-refractivity contribution in [3.8, 4) is 11.5 Å². The average molecular weight is 419 g/mol. The zero-order chi connectivity index (χ0) is 20.2. The third-order valence-electron chi connectivity index (χ3n) is 5.61. The van der Waals surface area contributed by atoms with Gasteiger partial charge in [0.15, 0.2) is 11.5 Å². The molecule has 0 radical (unpaired) electrons. The number of carbonyl (C=O) groups excluding carboxylic acids is 1. The quantitative estimate of drug-likeness (QED) is 0.566. The molecule has 7 nitrogen and oxygen atoms in total. The summed E-state index contributed by atoms with van der Waals surface area (Å²) in [5.41, 5.74) is 1.86. The van der Waals surface area contributed by atoms with E-state index in [-0.39, 0.29) is 18.9 Å². The van der Waals surface area contributed by atoms with Gasteiger partial charge in [0, 0.05) is 16.3 Å². The van der Waals surface area contributed by atoms with Crippen LogP contribution in [0.1, 0.15) is 11.6 Å². The van der Waals surface area contributed by atoms with Crippen molar-refractivity contribution in [3.05, 3.63) is 53.1 Å². The Bertz CT molecular complexity index is 854. The third-order valence-corrected chi connectivity index (χ3v) is 5.86. The number of ether oxygens (including phenoxy) is 2. The Morgan fingerprint density at radius 1 is 1.07 bits per heavy atom. The van der Waals surface area contributed by atoms with E-state index in [1.54, 1.807) is 29.2 Å². The van der Waals surface area contributed by atoms with Gasteiger partial charge >= 0.3 is 6.03 Å². The van der Waals surface area contributed by atoms with Crippen LogP contribution in [0.4, 0.5) is 10.5 Å². The highest BCUT2D eigenvalue weighted by Gasteiger charge is 2.31. The first-order valence-electron chi connectivity index (χ1n) is 9.94. The lowest BCUT2D eigenvalue weighted by Crippen LogP contribution is -3.27. The summed E-state index contributed by atoms with van der Waals surface area (Å²) in [7, 11) is 2.23. The van der Waals surface area contributed by atoms with E-state index in [9.17, 15) is 4.79 Å². The van der Waals surface area contributed by atoms with Gasteiger partial charge in [-0.25, -0.2) is 4.79 Å². The predicted octanol–water partition coefficient (Wildman–Crippen LogP) is 0.345. The largest absolute Gasteiger partial charge is 0.454 e. The molecular formula is C21H27ClN4O3+2. The van der Waals surface area contributed by atoms with Gasteiger partial charge in [0.2, 0.25) is 6.79 Å². The molecule has 0 bridgehead atoms. The normalized spacial score (nSPS) is 21.4. The summed E-state index contributed by atoms with van der Waals surface area (Å²) in [6, 6.07) is 13.1. The molecule has 0 unspecified atom stereocenters. The zero-order valence-corrected chi connectivity index (χ0v) is 17.2. The maximum Gasteiger partial charge on any atom is 0.319 e. The maximum atomic E-state index is 12.4. The van der Waals surface area contributed by atoms with Crippen molar-refractivity contribution in [2.75, 3.05) is 51.9 Å². The number of rotatable bonds is 5. The molecule has 2 heterocycles. The number of quaternary nitrogens is 2. The van der Waals surface area contributed by atoms with Crippen LogP contribution < -0.4 is 29.9 Å². The van der Waals surface area contributed by atoms with E-state index < -0.39 is 0 Å². The number of benzene rings is 2. The lowest BCUT2D eigenvalue weighted by atomic mass is 10.0. The molecule has 2 aromatic rings. The molecule has 4 rings (SSSR count). The summed E-state index contributed by atoms with van der Waals surface area (Å²) in [6.45, 7) is 5.15. The van der Waals surface area contributed by atoms with Crippen molar-refractivity contribution in [2.24, 2.45) is 0 Å². The highest BCUT2D eigenvalue weighted by molar-refractivity contribution is 6.30. The average Bonchev–Trinajstić information content (AvgIpc) is 3.19. The molecule has 2 aromatic carbocycles. The molecule has 0 aliphatic carbocycles. The van der Waals surface area contributed by atoms with Crippen molar-refractivity contribution in [1.29, 1.82) is 0 Å². The summed E-state index contributed by atoms with van der Waals surface area (Å²) in [6.07, 6.45) is 0. The number of amides is 2. The molecule has 8 heteroatoms. The van der Waals surface area contributed by atoms with Gasteiger partial charge in [0.25, 0.3) is 0 Å². The standard InChI is InChI=1S/C21H25ClN4O3/c1-25-8-10-26(11-9-25)18(15-2-7-19-20(12-15)29-14-28-19)13-23-21(27)24-17-5-3-16(22)4-6-17/h2-7,12,18H,8-11,13-14H2,1H3,(H2,23,24,27)/p+2/t18-/m1/s1. The van der Waals surface area contributed by atoms with Crippen LogP contribution in [0, 0.1) is 0 Å². The van der Waals surface area contributed by atoms with E-state index in [2.05, 4.69) is 23.7 Å². The highest BCUT2D eigenvalue weighted by Crippen LogP contribution is 2.33. The van der Waals surface area contributed by atoms with Crippen LogP contribution in [0.5, 0.6) is 11.5 Å². The molecule has 1 saturated heterocycles. The van der Waals surface area contributed by atoms with Crippen LogP contribution in [0.15, 0.2) is 42.5 Å². The molecule has 2 aliphatic rings. The van der Waals surface area contributed by atoms with E-state index in [4.69, 9.17) is 21.1 Å². The van der Waals surface area contributed by atoms with E-state index in [0.29, 0.717) is 17.3 Å². The van der Waals surface area contributed by atoms with Crippen LogP contribution in [-0.2, 0) is 0 Å². The Labute approximate surface area is 175 Å². The Morgan fingerprint density at radius 3 is 2.55 bits per heavy atom. The lowest BCUT2D eigenvalue weighted by Gasteiger charge is -2.33. The molecule has 1 atom stereocenters. The number of fused-ring (bicyclic) bond motifs is 1. The van der Waals surface area contributed by atoms with Crippen molar-refractivity contribution >= 4 is 23.3 Å². The van der Waals surface area contributed by atoms with E-state index >= 15 is 0 Å². The molecule has 1 fully saturated rings. The fourth-order valence-corrected chi connectivity index (χ4v) is 4.00. The number of piperazine rings is 1. The smallest absolute Gasteiger partial charge is 0.319 e. The number of halogens is 1. The Balaban J connectivity index is 1.45. The molecule has 2 amide bonds.